The molecule has 1 heterocycles. The highest BCUT2D eigenvalue weighted by Crippen LogP contribution is 2.11. The topological polar surface area (TPSA) is 54.0 Å². The summed E-state index contributed by atoms with van der Waals surface area (Å²) in [6.45, 7) is 1.97. The lowest BCUT2D eigenvalue weighted by Gasteiger charge is -2.06. The van der Waals surface area contributed by atoms with Crippen LogP contribution in [0.4, 0.5) is 14.3 Å². The summed E-state index contributed by atoms with van der Waals surface area (Å²) in [5.41, 5.74) is 1.30. The highest BCUT2D eigenvalue weighted by Gasteiger charge is 2.04. The number of nitrogens with zero attached hydrogens (tertiary/aromatic N) is 1. The normalized spacial score (nSPS) is 10.1. The van der Waals surface area contributed by atoms with Gasteiger partial charge in [0.2, 0.25) is 0 Å². The lowest BCUT2D eigenvalue weighted by molar-refractivity contribution is 0.251. The molecule has 0 aliphatic carbocycles. The first-order valence-corrected chi connectivity index (χ1v) is 6.22. The zero-order valence-electron chi connectivity index (χ0n) is 9.74. The molecule has 2 amide bonds. The van der Waals surface area contributed by atoms with Crippen molar-refractivity contribution in [3.05, 3.63) is 46.7 Å². The molecule has 94 valence electrons. The number of carbonyl (C=O) groups is 1. The summed E-state index contributed by atoms with van der Waals surface area (Å²) in [6.07, 6.45) is 1.61. The fourth-order valence-electron chi connectivity index (χ4n) is 1.36. The van der Waals surface area contributed by atoms with Gasteiger partial charge in [0, 0.05) is 18.1 Å². The molecular formula is C12H12FN3OS. The van der Waals surface area contributed by atoms with E-state index in [4.69, 9.17) is 0 Å². The molecule has 0 aliphatic rings. The molecule has 4 nitrogen and oxygen atoms in total. The van der Waals surface area contributed by atoms with Crippen LogP contribution in [-0.2, 0) is 6.54 Å². The second kappa shape index (κ2) is 5.59. The van der Waals surface area contributed by atoms with Crippen molar-refractivity contribution in [2.45, 2.75) is 13.5 Å². The average Bonchev–Trinajstić information content (AvgIpc) is 2.83. The number of thiazole rings is 1. The summed E-state index contributed by atoms with van der Waals surface area (Å²) in [4.78, 5) is 15.4. The van der Waals surface area contributed by atoms with E-state index in [1.165, 1.54) is 17.4 Å². The number of halogens is 1. The van der Waals surface area contributed by atoms with Crippen molar-refractivity contribution in [2.24, 2.45) is 0 Å². The molecule has 0 radical (unpaired) electrons. The Kier molecular flexibility index (Phi) is 3.88. The summed E-state index contributed by atoms with van der Waals surface area (Å²) in [7, 11) is 0. The van der Waals surface area contributed by atoms with Crippen molar-refractivity contribution in [2.75, 3.05) is 5.32 Å². The molecule has 1 aromatic heterocycles. The van der Waals surface area contributed by atoms with Crippen molar-refractivity contribution < 1.29 is 9.18 Å². The lowest BCUT2D eigenvalue weighted by Crippen LogP contribution is -2.28. The van der Waals surface area contributed by atoms with Crippen molar-refractivity contribution in [1.82, 2.24) is 10.3 Å². The summed E-state index contributed by atoms with van der Waals surface area (Å²) < 4.78 is 13.3. The Hall–Kier alpha value is -1.95. The predicted molar refractivity (Wildman–Crippen MR) is 69.1 cm³/mol. The first kappa shape index (κ1) is 12.5. The number of nitrogens with one attached hydrogen (secondary N) is 2. The number of amides is 2. The molecule has 0 spiro atoms. The fourth-order valence-corrected chi connectivity index (χ4v) is 1.88. The van der Waals surface area contributed by atoms with E-state index in [9.17, 15) is 9.18 Å². The highest BCUT2D eigenvalue weighted by atomic mass is 32.1. The summed E-state index contributed by atoms with van der Waals surface area (Å²) in [5, 5.41) is 7.51. The number of hydrogen-bond acceptors (Lipinski definition) is 3. The molecule has 2 aromatic rings. The van der Waals surface area contributed by atoms with Gasteiger partial charge in [-0.15, -0.1) is 11.3 Å². The van der Waals surface area contributed by atoms with Gasteiger partial charge in [-0.25, -0.2) is 14.2 Å². The van der Waals surface area contributed by atoms with Gasteiger partial charge in [-0.2, -0.15) is 0 Å². The second-order valence-electron chi connectivity index (χ2n) is 3.73. The number of aromatic nitrogens is 1. The van der Waals surface area contributed by atoms with Crippen LogP contribution in [0.3, 0.4) is 0 Å². The van der Waals surface area contributed by atoms with Gasteiger partial charge in [0.1, 0.15) is 5.82 Å². The SMILES string of the molecule is Cc1ccc(CNC(=O)Nc2nccs2)cc1F. The molecule has 0 bridgehead atoms. The lowest BCUT2D eigenvalue weighted by atomic mass is 10.1. The third kappa shape index (κ3) is 3.27. The molecule has 0 fully saturated rings. The van der Waals surface area contributed by atoms with Crippen LogP contribution in [-0.4, -0.2) is 11.0 Å². The number of anilines is 1. The minimum atomic E-state index is -0.356. The zero-order chi connectivity index (χ0) is 13.0. The molecule has 2 N–H and O–H groups in total. The average molecular weight is 265 g/mol. The quantitative estimate of drug-likeness (QED) is 0.896. The smallest absolute Gasteiger partial charge is 0.321 e. The highest BCUT2D eigenvalue weighted by molar-refractivity contribution is 7.13. The van der Waals surface area contributed by atoms with E-state index in [2.05, 4.69) is 15.6 Å². The molecule has 18 heavy (non-hydrogen) atoms. The molecule has 1 aromatic carbocycles. The van der Waals surface area contributed by atoms with E-state index < -0.39 is 0 Å². The Balaban J connectivity index is 1.87. The summed E-state index contributed by atoms with van der Waals surface area (Å²) in [6, 6.07) is 4.53. The Bertz CT molecular complexity index is 542. The van der Waals surface area contributed by atoms with Crippen LogP contribution >= 0.6 is 11.3 Å². The minimum Gasteiger partial charge on any atom is -0.334 e. The van der Waals surface area contributed by atoms with E-state index in [0.717, 1.165) is 0 Å². The molecule has 6 heteroatoms. The standard InChI is InChI=1S/C12H12FN3OS/c1-8-2-3-9(6-10(8)13)7-15-11(17)16-12-14-4-5-18-12/h2-6H,7H2,1H3,(H2,14,15,16,17). The maximum atomic E-state index is 13.3. The van der Waals surface area contributed by atoms with Gasteiger partial charge in [0.15, 0.2) is 5.13 Å². The van der Waals surface area contributed by atoms with Crippen LogP contribution in [0, 0.1) is 12.7 Å². The van der Waals surface area contributed by atoms with Crippen molar-refractivity contribution in [3.63, 3.8) is 0 Å². The van der Waals surface area contributed by atoms with Crippen molar-refractivity contribution in [1.29, 1.82) is 0 Å². The number of rotatable bonds is 3. The van der Waals surface area contributed by atoms with E-state index in [1.807, 2.05) is 0 Å². The molecule has 0 saturated carbocycles. The first-order chi connectivity index (χ1) is 8.65. The monoisotopic (exact) mass is 265 g/mol. The molecule has 0 saturated heterocycles. The number of benzene rings is 1. The van der Waals surface area contributed by atoms with Crippen LogP contribution in [0.2, 0.25) is 0 Å². The molecule has 0 unspecified atom stereocenters. The van der Waals surface area contributed by atoms with Gasteiger partial charge < -0.3 is 5.32 Å². The zero-order valence-corrected chi connectivity index (χ0v) is 10.6. The number of urea groups is 1. The summed E-state index contributed by atoms with van der Waals surface area (Å²) in [5.74, 6) is -0.269. The third-order valence-electron chi connectivity index (χ3n) is 2.34. The van der Waals surface area contributed by atoms with E-state index in [1.54, 1.807) is 30.6 Å². The van der Waals surface area contributed by atoms with E-state index in [0.29, 0.717) is 16.3 Å². The van der Waals surface area contributed by atoms with Crippen LogP contribution in [0.25, 0.3) is 0 Å². The Labute approximate surface area is 108 Å². The number of hydrogen-bond donors (Lipinski definition) is 2. The fraction of sp³-hybridized carbons (Fsp3) is 0.167. The molecule has 0 atom stereocenters. The molecular weight excluding hydrogens is 253 g/mol. The van der Waals surface area contributed by atoms with Gasteiger partial charge in [0.25, 0.3) is 0 Å². The molecule has 2 rings (SSSR count). The van der Waals surface area contributed by atoms with Gasteiger partial charge >= 0.3 is 6.03 Å². The van der Waals surface area contributed by atoms with Crippen LogP contribution in [0.5, 0.6) is 0 Å². The van der Waals surface area contributed by atoms with Gasteiger partial charge in [-0.1, -0.05) is 12.1 Å². The second-order valence-corrected chi connectivity index (χ2v) is 4.62. The van der Waals surface area contributed by atoms with Crippen LogP contribution in [0.1, 0.15) is 11.1 Å². The minimum absolute atomic E-state index is 0.269. The summed E-state index contributed by atoms with van der Waals surface area (Å²) >= 11 is 1.33. The van der Waals surface area contributed by atoms with Gasteiger partial charge in [0.05, 0.1) is 0 Å². The van der Waals surface area contributed by atoms with Gasteiger partial charge in [-0.3, -0.25) is 5.32 Å². The third-order valence-corrected chi connectivity index (χ3v) is 3.03. The van der Waals surface area contributed by atoms with Crippen molar-refractivity contribution in [3.8, 4) is 0 Å². The maximum Gasteiger partial charge on any atom is 0.321 e. The first-order valence-electron chi connectivity index (χ1n) is 5.34. The van der Waals surface area contributed by atoms with E-state index in [-0.39, 0.29) is 18.4 Å². The van der Waals surface area contributed by atoms with Gasteiger partial charge in [-0.05, 0) is 24.1 Å². The van der Waals surface area contributed by atoms with E-state index >= 15 is 0 Å². The Morgan fingerprint density at radius 3 is 3.00 bits per heavy atom. The predicted octanol–water partition coefficient (Wildman–Crippen LogP) is 2.91. The van der Waals surface area contributed by atoms with Crippen LogP contribution < -0.4 is 10.6 Å². The molecule has 0 aliphatic heterocycles. The Morgan fingerprint density at radius 1 is 1.50 bits per heavy atom. The van der Waals surface area contributed by atoms with Crippen LogP contribution in [0.15, 0.2) is 29.8 Å². The number of aryl methyl sites for hydroxylation is 1. The Morgan fingerprint density at radius 2 is 2.33 bits per heavy atom. The van der Waals surface area contributed by atoms with Crippen molar-refractivity contribution >= 4 is 22.5 Å². The maximum absolute atomic E-state index is 13.3. The number of carbonyl (C=O) groups excluding carboxylic acids is 1. The largest absolute Gasteiger partial charge is 0.334 e.